The first kappa shape index (κ1) is 29.8. The smallest absolute Gasteiger partial charge is 0.434 e. The van der Waals surface area contributed by atoms with Crippen molar-refractivity contribution in [2.24, 2.45) is 5.73 Å². The molecule has 1 aromatic carbocycles. The minimum absolute atomic E-state index is 0.0112. The van der Waals surface area contributed by atoms with E-state index in [2.05, 4.69) is 16.0 Å². The highest BCUT2D eigenvalue weighted by Crippen LogP contribution is 2.12. The number of benzene rings is 1. The van der Waals surface area contributed by atoms with Crippen LogP contribution in [0, 0.1) is 0 Å². The first-order valence-corrected chi connectivity index (χ1v) is 11.1. The van der Waals surface area contributed by atoms with Gasteiger partial charge in [0.15, 0.2) is 0 Å². The Labute approximate surface area is 205 Å². The summed E-state index contributed by atoms with van der Waals surface area (Å²) in [5.74, 6) is -0.341. The summed E-state index contributed by atoms with van der Waals surface area (Å²) in [6.07, 6.45) is -0.799. The number of nitrogens with two attached hydrogens (primary N) is 1. The summed E-state index contributed by atoms with van der Waals surface area (Å²) >= 11 is 0. The standard InChI is InChI=1S/C23H37N5O7/c1-16(25-14-23(5,15-29)27-20(31)35-22(2,3)4)19(30)26-18-9-7-17(8-10-18)13-34-21(32)28(33-6)12-11-24/h7-10,15-16,25H,11-14,24H2,1-6H3,(H,26,30)(H,27,31)/t16-,23+/m0/s1. The van der Waals surface area contributed by atoms with Crippen molar-refractivity contribution < 1.29 is 33.5 Å². The predicted molar refractivity (Wildman–Crippen MR) is 129 cm³/mol. The second kappa shape index (κ2) is 13.6. The maximum absolute atomic E-state index is 12.5. The molecule has 12 heteroatoms. The molecule has 0 fully saturated rings. The van der Waals surface area contributed by atoms with E-state index in [0.29, 0.717) is 17.5 Å². The van der Waals surface area contributed by atoms with Gasteiger partial charge in [0, 0.05) is 18.8 Å². The highest BCUT2D eigenvalue weighted by Gasteiger charge is 2.29. The number of anilines is 1. The Morgan fingerprint density at radius 3 is 2.29 bits per heavy atom. The van der Waals surface area contributed by atoms with Gasteiger partial charge in [-0.05, 0) is 52.3 Å². The molecule has 12 nitrogen and oxygen atoms in total. The van der Waals surface area contributed by atoms with Crippen molar-refractivity contribution >= 4 is 30.1 Å². The third-order valence-corrected chi connectivity index (χ3v) is 4.56. The topological polar surface area (TPSA) is 161 Å². The van der Waals surface area contributed by atoms with Crippen LogP contribution in [0.25, 0.3) is 0 Å². The predicted octanol–water partition coefficient (Wildman–Crippen LogP) is 1.54. The largest absolute Gasteiger partial charge is 0.444 e. The molecular formula is C23H37N5O7. The maximum atomic E-state index is 12.5. The van der Waals surface area contributed by atoms with Crippen LogP contribution in [-0.2, 0) is 30.5 Å². The van der Waals surface area contributed by atoms with Crippen LogP contribution in [0.15, 0.2) is 24.3 Å². The lowest BCUT2D eigenvalue weighted by Crippen LogP contribution is -2.57. The van der Waals surface area contributed by atoms with Crippen molar-refractivity contribution in [3.63, 3.8) is 0 Å². The van der Waals surface area contributed by atoms with Crippen LogP contribution in [0.2, 0.25) is 0 Å². The summed E-state index contributed by atoms with van der Waals surface area (Å²) in [6, 6.07) is 6.07. The van der Waals surface area contributed by atoms with E-state index < -0.39 is 29.4 Å². The number of nitrogens with one attached hydrogen (secondary N) is 3. The van der Waals surface area contributed by atoms with Gasteiger partial charge in [0.1, 0.15) is 24.0 Å². The molecule has 3 amide bonds. The summed E-state index contributed by atoms with van der Waals surface area (Å²) in [5.41, 5.74) is 4.68. The van der Waals surface area contributed by atoms with Gasteiger partial charge in [-0.1, -0.05) is 12.1 Å². The number of hydroxylamine groups is 2. The molecule has 0 unspecified atom stereocenters. The number of carbonyl (C=O) groups is 4. The van der Waals surface area contributed by atoms with Gasteiger partial charge in [-0.15, -0.1) is 0 Å². The number of hydrogen-bond acceptors (Lipinski definition) is 9. The molecule has 1 rings (SSSR count). The first-order valence-electron chi connectivity index (χ1n) is 11.1. The molecule has 0 spiro atoms. The van der Waals surface area contributed by atoms with Gasteiger partial charge < -0.3 is 36.0 Å². The number of nitrogens with zero attached hydrogens (tertiary/aromatic N) is 1. The Kier molecular flexibility index (Phi) is 11.6. The minimum atomic E-state index is -1.27. The molecule has 0 bridgehead atoms. The summed E-state index contributed by atoms with van der Waals surface area (Å²) in [6.45, 7) is 8.77. The molecule has 0 saturated heterocycles. The van der Waals surface area contributed by atoms with Gasteiger partial charge in [-0.3, -0.25) is 9.63 Å². The van der Waals surface area contributed by atoms with E-state index in [0.717, 1.165) is 5.06 Å². The lowest BCUT2D eigenvalue weighted by atomic mass is 10.0. The van der Waals surface area contributed by atoms with Crippen LogP contribution in [-0.4, -0.2) is 73.4 Å². The Morgan fingerprint density at radius 2 is 1.77 bits per heavy atom. The molecule has 0 heterocycles. The highest BCUT2D eigenvalue weighted by atomic mass is 16.7. The highest BCUT2D eigenvalue weighted by molar-refractivity contribution is 5.94. The average Bonchev–Trinajstić information content (AvgIpc) is 2.78. The molecule has 1 aromatic rings. The number of ether oxygens (including phenoxy) is 2. The Morgan fingerprint density at radius 1 is 1.14 bits per heavy atom. The zero-order chi connectivity index (χ0) is 26.6. The van der Waals surface area contributed by atoms with Crippen LogP contribution in [0.5, 0.6) is 0 Å². The van der Waals surface area contributed by atoms with Gasteiger partial charge in [-0.2, -0.15) is 5.06 Å². The molecule has 2 atom stereocenters. The monoisotopic (exact) mass is 495 g/mol. The second-order valence-electron chi connectivity index (χ2n) is 9.08. The van der Waals surface area contributed by atoms with E-state index in [-0.39, 0.29) is 32.1 Å². The first-order chi connectivity index (χ1) is 16.3. The van der Waals surface area contributed by atoms with Gasteiger partial charge in [0.05, 0.1) is 19.7 Å². The van der Waals surface area contributed by atoms with Crippen LogP contribution in [0.4, 0.5) is 15.3 Å². The maximum Gasteiger partial charge on any atom is 0.434 e. The Bertz CT molecular complexity index is 857. The molecule has 0 aliphatic rings. The van der Waals surface area contributed by atoms with Crippen LogP contribution < -0.4 is 21.7 Å². The van der Waals surface area contributed by atoms with Gasteiger partial charge in [-0.25, -0.2) is 9.59 Å². The fourth-order valence-corrected chi connectivity index (χ4v) is 2.64. The molecule has 0 aliphatic heterocycles. The quantitative estimate of drug-likeness (QED) is 0.249. The number of aldehydes is 1. The molecule has 196 valence electrons. The van der Waals surface area contributed by atoms with Crippen LogP contribution >= 0.6 is 0 Å². The number of hydrogen-bond donors (Lipinski definition) is 4. The van der Waals surface area contributed by atoms with Crippen molar-refractivity contribution in [3.05, 3.63) is 29.8 Å². The zero-order valence-electron chi connectivity index (χ0n) is 21.2. The summed E-state index contributed by atoms with van der Waals surface area (Å²) in [7, 11) is 1.35. The zero-order valence-corrected chi connectivity index (χ0v) is 21.2. The summed E-state index contributed by atoms with van der Waals surface area (Å²) in [5, 5.41) is 9.22. The van der Waals surface area contributed by atoms with Crippen molar-refractivity contribution in [1.82, 2.24) is 15.7 Å². The lowest BCUT2D eigenvalue weighted by molar-refractivity contribution is -0.118. The molecule has 0 radical (unpaired) electrons. The molecule has 0 aliphatic carbocycles. The normalized spacial score (nSPS) is 13.7. The summed E-state index contributed by atoms with van der Waals surface area (Å²) in [4.78, 5) is 52.9. The molecule has 35 heavy (non-hydrogen) atoms. The molecule has 0 aromatic heterocycles. The van der Waals surface area contributed by atoms with Crippen LogP contribution in [0.3, 0.4) is 0 Å². The van der Waals surface area contributed by atoms with Gasteiger partial charge in [0.25, 0.3) is 0 Å². The van der Waals surface area contributed by atoms with E-state index in [1.807, 2.05) is 0 Å². The number of amides is 3. The van der Waals surface area contributed by atoms with E-state index in [9.17, 15) is 19.2 Å². The number of rotatable bonds is 12. The molecular weight excluding hydrogens is 458 g/mol. The van der Waals surface area contributed by atoms with E-state index in [1.165, 1.54) is 14.0 Å². The number of alkyl carbamates (subject to hydrolysis) is 1. The fraction of sp³-hybridized carbons (Fsp3) is 0.565. The van der Waals surface area contributed by atoms with E-state index >= 15 is 0 Å². The van der Waals surface area contributed by atoms with Crippen molar-refractivity contribution in [1.29, 1.82) is 0 Å². The third-order valence-electron chi connectivity index (χ3n) is 4.56. The van der Waals surface area contributed by atoms with Gasteiger partial charge in [0.2, 0.25) is 5.91 Å². The van der Waals surface area contributed by atoms with E-state index in [4.69, 9.17) is 20.0 Å². The second-order valence-corrected chi connectivity index (χ2v) is 9.08. The minimum Gasteiger partial charge on any atom is -0.444 e. The fourth-order valence-electron chi connectivity index (χ4n) is 2.64. The average molecular weight is 496 g/mol. The van der Waals surface area contributed by atoms with Gasteiger partial charge >= 0.3 is 12.2 Å². The van der Waals surface area contributed by atoms with Crippen molar-refractivity contribution in [2.45, 2.75) is 58.4 Å². The molecule has 0 saturated carbocycles. The van der Waals surface area contributed by atoms with Crippen molar-refractivity contribution in [2.75, 3.05) is 32.1 Å². The molecule has 5 N–H and O–H groups in total. The third kappa shape index (κ3) is 11.2. The number of carbonyl (C=O) groups excluding carboxylic acids is 4. The van der Waals surface area contributed by atoms with Crippen LogP contribution in [0.1, 0.15) is 40.2 Å². The Hall–Kier alpha value is -3.22. The Balaban J connectivity index is 2.56. The van der Waals surface area contributed by atoms with Crippen molar-refractivity contribution in [3.8, 4) is 0 Å². The van der Waals surface area contributed by atoms with E-state index in [1.54, 1.807) is 52.0 Å². The SMILES string of the molecule is CON(CCN)C(=O)OCc1ccc(NC(=O)[C@H](C)NC[C@](C)(C=O)NC(=O)OC(C)(C)C)cc1. The summed E-state index contributed by atoms with van der Waals surface area (Å²) < 4.78 is 10.3. The lowest BCUT2D eigenvalue weighted by Gasteiger charge is -2.28.